The number of carbonyl (C=O) groups is 4. The van der Waals surface area contributed by atoms with Gasteiger partial charge in [-0.3, -0.25) is 19.2 Å². The molecule has 12 heteroatoms. The number of thioether (sulfide) groups is 2. The lowest BCUT2D eigenvalue weighted by Gasteiger charge is -2.31. The van der Waals surface area contributed by atoms with Crippen LogP contribution in [0, 0.1) is 11.8 Å². The van der Waals surface area contributed by atoms with Gasteiger partial charge in [0, 0.05) is 63.7 Å². The number of para-hydroxylation sites is 2. The second-order valence-electron chi connectivity index (χ2n) is 16.4. The smallest absolute Gasteiger partial charge is 0.246 e. The summed E-state index contributed by atoms with van der Waals surface area (Å²) in [6, 6.07) is 16.1. The van der Waals surface area contributed by atoms with Gasteiger partial charge in [-0.05, 0) is 95.0 Å². The van der Waals surface area contributed by atoms with E-state index in [4.69, 9.17) is 0 Å². The number of nitrogens with one attached hydrogen (secondary N) is 4. The molecule has 0 aliphatic carbocycles. The molecule has 0 spiro atoms. The number of likely N-dealkylation sites (N-methyl/N-ethyl adjacent to an activating group) is 1. The number of benzene rings is 2. The number of H-pyrrole nitrogens is 2. The fourth-order valence-electron chi connectivity index (χ4n) is 9.44. The van der Waals surface area contributed by atoms with E-state index in [0.717, 1.165) is 83.2 Å². The minimum Gasteiger partial charge on any atom is -0.353 e. The van der Waals surface area contributed by atoms with Crippen LogP contribution in [0.3, 0.4) is 0 Å². The van der Waals surface area contributed by atoms with Gasteiger partial charge in [0.15, 0.2) is 0 Å². The fraction of sp³-hybridized carbons (Fsp3) is 0.545. The maximum atomic E-state index is 14.4. The van der Waals surface area contributed by atoms with Crippen LogP contribution < -0.4 is 10.6 Å². The van der Waals surface area contributed by atoms with Gasteiger partial charge in [0.1, 0.15) is 11.8 Å². The molecule has 8 rings (SSSR count). The maximum absolute atomic E-state index is 14.4. The van der Waals surface area contributed by atoms with Gasteiger partial charge < -0.3 is 30.4 Å². The third-order valence-electron chi connectivity index (χ3n) is 13.0. The highest BCUT2D eigenvalue weighted by molar-refractivity contribution is 8.00. The van der Waals surface area contributed by atoms with Crippen molar-refractivity contribution in [2.24, 2.45) is 11.8 Å². The molecule has 0 bridgehead atoms. The van der Waals surface area contributed by atoms with Crippen molar-refractivity contribution in [2.75, 3.05) is 18.6 Å². The monoisotopic (exact) mass is 796 g/mol. The number of hydrogen-bond acceptors (Lipinski definition) is 7. The van der Waals surface area contributed by atoms with Crippen molar-refractivity contribution in [3.8, 4) is 11.4 Å². The summed E-state index contributed by atoms with van der Waals surface area (Å²) in [4.78, 5) is 66.6. The number of aromatic amines is 2. The molecule has 4 aromatic rings. The van der Waals surface area contributed by atoms with Gasteiger partial charge in [-0.15, -0.1) is 23.5 Å². The van der Waals surface area contributed by atoms with E-state index in [0.29, 0.717) is 19.3 Å². The van der Waals surface area contributed by atoms with Crippen LogP contribution in [0.1, 0.15) is 83.3 Å². The zero-order valence-corrected chi connectivity index (χ0v) is 34.7. The van der Waals surface area contributed by atoms with Crippen LogP contribution in [0.4, 0.5) is 0 Å². The molecule has 3 amide bonds. The second-order valence-corrected chi connectivity index (χ2v) is 18.9. The molecule has 0 radical (unpaired) electrons. The number of nitrogens with zero attached hydrogens (tertiary/aromatic N) is 2. The molecule has 6 heterocycles. The molecule has 10 nitrogen and oxygen atoms in total. The fourth-order valence-corrected chi connectivity index (χ4v) is 12.4. The molecule has 2 aromatic heterocycles. The van der Waals surface area contributed by atoms with E-state index in [1.165, 1.54) is 11.1 Å². The summed E-state index contributed by atoms with van der Waals surface area (Å²) in [7, 11) is 1.79. The highest BCUT2D eigenvalue weighted by Crippen LogP contribution is 2.44. The number of Topliss-reactive ketones (excluding diaryl/α,β-unsaturated/α-hetero) is 1. The normalized spacial score (nSPS) is 26.6. The van der Waals surface area contributed by atoms with E-state index < -0.39 is 6.04 Å². The van der Waals surface area contributed by atoms with E-state index in [1.807, 2.05) is 44.3 Å². The molecule has 56 heavy (non-hydrogen) atoms. The Kier molecular flexibility index (Phi) is 11.6. The zero-order chi connectivity index (χ0) is 39.1. The first-order valence-corrected chi connectivity index (χ1v) is 22.8. The second kappa shape index (κ2) is 16.6. The van der Waals surface area contributed by atoms with Crippen molar-refractivity contribution < 1.29 is 19.2 Å². The van der Waals surface area contributed by atoms with Gasteiger partial charge in [0.05, 0.1) is 28.2 Å². The molecule has 0 unspecified atom stereocenters. The topological polar surface area (TPSA) is 130 Å². The van der Waals surface area contributed by atoms with E-state index in [2.05, 4.69) is 78.9 Å². The van der Waals surface area contributed by atoms with Crippen molar-refractivity contribution in [1.29, 1.82) is 0 Å². The largest absolute Gasteiger partial charge is 0.353 e. The molecule has 2 aromatic carbocycles. The molecule has 4 aliphatic rings. The van der Waals surface area contributed by atoms with Crippen molar-refractivity contribution in [1.82, 2.24) is 30.4 Å². The first kappa shape index (κ1) is 39.1. The predicted molar refractivity (Wildman–Crippen MR) is 227 cm³/mol. The molecule has 8 atom stereocenters. The Bertz CT molecular complexity index is 1960. The number of rotatable bonds is 12. The van der Waals surface area contributed by atoms with Gasteiger partial charge >= 0.3 is 0 Å². The lowest BCUT2D eigenvalue weighted by atomic mass is 9.93. The van der Waals surface area contributed by atoms with E-state index in [1.54, 1.807) is 7.05 Å². The standard InChI is InChI=1S/C44H56N6O4S2/c1-5-25(2)42(52)48-36-17-11-19-39-50(44(36)54)29(24-56-39)22-33-31-14-7-9-16-35(31)47-41(33)40-32(30-13-6-8-15-34(30)46-40)21-28-23-55-38-18-10-12-27(43(53)49(28)38)20-37(51)26(3)45-4/h6-9,13-16,25-29,36,38-39,45-47H,5,10-12,17-24H2,1-4H3,(H,48,52)/t25-,26+,27-,28-,29-,36+,38-,39-/m1/s1. The van der Waals surface area contributed by atoms with Crippen LogP contribution in [-0.2, 0) is 32.0 Å². The van der Waals surface area contributed by atoms with E-state index in [9.17, 15) is 19.2 Å². The lowest BCUT2D eigenvalue weighted by Crippen LogP contribution is -2.52. The third kappa shape index (κ3) is 7.41. The Balaban J connectivity index is 1.13. The Labute approximate surface area is 338 Å². The zero-order valence-electron chi connectivity index (χ0n) is 33.1. The first-order valence-electron chi connectivity index (χ1n) is 20.7. The highest BCUT2D eigenvalue weighted by atomic mass is 32.2. The predicted octanol–water partition coefficient (Wildman–Crippen LogP) is 7.02. The van der Waals surface area contributed by atoms with Gasteiger partial charge in [-0.2, -0.15) is 0 Å². The molecule has 4 N–H and O–H groups in total. The Morgan fingerprint density at radius 3 is 1.88 bits per heavy atom. The Hall–Kier alpha value is -3.74. The van der Waals surface area contributed by atoms with E-state index >= 15 is 0 Å². The van der Waals surface area contributed by atoms with Crippen LogP contribution >= 0.6 is 23.5 Å². The van der Waals surface area contributed by atoms with Crippen LogP contribution in [0.2, 0.25) is 0 Å². The van der Waals surface area contributed by atoms with Gasteiger partial charge in [-0.1, -0.05) is 50.2 Å². The average Bonchev–Trinajstić information content (AvgIpc) is 3.95. The number of amides is 3. The lowest BCUT2D eigenvalue weighted by molar-refractivity contribution is -0.139. The van der Waals surface area contributed by atoms with Gasteiger partial charge in [-0.25, -0.2) is 0 Å². The summed E-state index contributed by atoms with van der Waals surface area (Å²) in [5.74, 6) is 1.50. The number of aromatic nitrogens is 2. The average molecular weight is 797 g/mol. The Morgan fingerprint density at radius 2 is 1.32 bits per heavy atom. The number of ketones is 1. The minimum absolute atomic E-state index is 0.00462. The summed E-state index contributed by atoms with van der Waals surface area (Å²) in [5, 5.41) is 8.71. The number of hydrogen-bond donors (Lipinski definition) is 4. The van der Waals surface area contributed by atoms with Crippen molar-refractivity contribution >= 4 is 68.8 Å². The van der Waals surface area contributed by atoms with Crippen LogP contribution in [0.15, 0.2) is 48.5 Å². The summed E-state index contributed by atoms with van der Waals surface area (Å²) in [6.45, 7) is 5.80. The molecule has 0 saturated carbocycles. The maximum Gasteiger partial charge on any atom is 0.246 e. The molecule has 4 aliphatic heterocycles. The van der Waals surface area contributed by atoms with Crippen molar-refractivity contribution in [3.63, 3.8) is 0 Å². The van der Waals surface area contributed by atoms with Crippen molar-refractivity contribution in [3.05, 3.63) is 59.7 Å². The van der Waals surface area contributed by atoms with Gasteiger partial charge in [0.2, 0.25) is 17.7 Å². The molecular formula is C44H56N6O4S2. The minimum atomic E-state index is -0.496. The van der Waals surface area contributed by atoms with Crippen LogP contribution in [0.25, 0.3) is 33.2 Å². The van der Waals surface area contributed by atoms with Gasteiger partial charge in [0.25, 0.3) is 0 Å². The van der Waals surface area contributed by atoms with Crippen LogP contribution in [-0.4, -0.2) is 96.7 Å². The summed E-state index contributed by atoms with van der Waals surface area (Å²) in [5.41, 5.74) is 6.53. The molecule has 4 fully saturated rings. The molecule has 4 saturated heterocycles. The van der Waals surface area contributed by atoms with Crippen molar-refractivity contribution in [2.45, 2.75) is 120 Å². The summed E-state index contributed by atoms with van der Waals surface area (Å²) >= 11 is 3.75. The SMILES string of the molecule is CC[C@@H](C)C(=O)N[C@H]1CCC[C@H]2SC[C@@H](Cc3c(-c4[nH]c5ccccc5c4C[C@@H]4CS[C@@H]5CCC[C@H](CC(=O)[C@H](C)NC)C(=O)N45)[nH]c4ccccc34)N2C1=O. The Morgan fingerprint density at radius 1 is 0.786 bits per heavy atom. The quantitative estimate of drug-likeness (QED) is 0.121. The highest BCUT2D eigenvalue weighted by Gasteiger charge is 2.45. The summed E-state index contributed by atoms with van der Waals surface area (Å²) in [6.07, 6.45) is 7.54. The molecule has 298 valence electrons. The van der Waals surface area contributed by atoms with Crippen LogP contribution in [0.5, 0.6) is 0 Å². The number of carbonyl (C=O) groups excluding carboxylic acids is 4. The number of fused-ring (bicyclic) bond motifs is 4. The van der Waals surface area contributed by atoms with E-state index in [-0.39, 0.29) is 70.6 Å². The molecular weight excluding hydrogens is 741 g/mol. The summed E-state index contributed by atoms with van der Waals surface area (Å²) < 4.78 is 0. The third-order valence-corrected chi connectivity index (χ3v) is 15.8. The first-order chi connectivity index (χ1) is 27.2.